The third-order valence-corrected chi connectivity index (χ3v) is 3.84. The number of fused-ring (bicyclic) bond motifs is 2. The lowest BCUT2D eigenvalue weighted by Crippen LogP contribution is -2.07. The molecule has 0 spiro atoms. The highest BCUT2D eigenvalue weighted by molar-refractivity contribution is 5.82. The Kier molecular flexibility index (Phi) is 3.53. The van der Waals surface area contributed by atoms with Crippen molar-refractivity contribution in [3.63, 3.8) is 0 Å². The van der Waals surface area contributed by atoms with Gasteiger partial charge in [0, 0.05) is 18.5 Å². The first-order valence-corrected chi connectivity index (χ1v) is 7.63. The minimum atomic E-state index is -4.50. The Balaban J connectivity index is 1.78. The van der Waals surface area contributed by atoms with Crippen molar-refractivity contribution >= 4 is 21.9 Å². The molecule has 0 bridgehead atoms. The smallest absolute Gasteiger partial charge is 0.433 e. The molecule has 6 nitrogen and oxygen atoms in total. The van der Waals surface area contributed by atoms with Crippen molar-refractivity contribution in [1.82, 2.24) is 24.7 Å². The Hall–Kier alpha value is -3.23. The van der Waals surface area contributed by atoms with Crippen molar-refractivity contribution < 1.29 is 17.9 Å². The van der Waals surface area contributed by atoms with Gasteiger partial charge in [0.2, 0.25) is 5.88 Å². The second-order valence-corrected chi connectivity index (χ2v) is 5.73. The van der Waals surface area contributed by atoms with Gasteiger partial charge in [0.05, 0.1) is 11.7 Å². The lowest BCUT2D eigenvalue weighted by Gasteiger charge is -2.09. The van der Waals surface area contributed by atoms with Crippen LogP contribution in [0.1, 0.15) is 11.5 Å². The first kappa shape index (κ1) is 16.2. The molecule has 0 atom stereocenters. The van der Waals surface area contributed by atoms with E-state index in [0.717, 1.165) is 6.07 Å². The average molecular weight is 359 g/mol. The predicted octanol–water partition coefficient (Wildman–Crippen LogP) is 4.03. The van der Waals surface area contributed by atoms with E-state index < -0.39 is 11.9 Å². The molecule has 0 saturated heterocycles. The van der Waals surface area contributed by atoms with Crippen LogP contribution in [0.25, 0.3) is 21.9 Å². The zero-order valence-corrected chi connectivity index (χ0v) is 13.7. The zero-order valence-electron chi connectivity index (χ0n) is 13.7. The van der Waals surface area contributed by atoms with E-state index >= 15 is 0 Å². The number of aromatic nitrogens is 5. The fourth-order valence-electron chi connectivity index (χ4n) is 2.61. The van der Waals surface area contributed by atoms with Gasteiger partial charge < -0.3 is 4.74 Å². The van der Waals surface area contributed by atoms with Crippen LogP contribution in [0.15, 0.2) is 36.5 Å². The number of benzene rings is 1. The van der Waals surface area contributed by atoms with Gasteiger partial charge >= 0.3 is 6.18 Å². The molecule has 0 amide bonds. The lowest BCUT2D eigenvalue weighted by atomic mass is 10.2. The summed E-state index contributed by atoms with van der Waals surface area (Å²) in [4.78, 5) is 12.2. The van der Waals surface area contributed by atoms with Crippen LogP contribution in [0, 0.1) is 6.92 Å². The summed E-state index contributed by atoms with van der Waals surface area (Å²) >= 11 is 0. The van der Waals surface area contributed by atoms with Gasteiger partial charge in [0.1, 0.15) is 22.7 Å². The fraction of sp³-hybridized carbons (Fsp3) is 0.176. The highest BCUT2D eigenvalue weighted by Crippen LogP contribution is 2.32. The highest BCUT2D eigenvalue weighted by atomic mass is 19.4. The number of pyridine rings is 1. The predicted molar refractivity (Wildman–Crippen MR) is 87.9 cm³/mol. The lowest BCUT2D eigenvalue weighted by molar-refractivity contribution is -0.140. The van der Waals surface area contributed by atoms with E-state index in [1.807, 2.05) is 0 Å². The van der Waals surface area contributed by atoms with Gasteiger partial charge in [-0.1, -0.05) is 6.07 Å². The van der Waals surface area contributed by atoms with Gasteiger partial charge in [-0.05, 0) is 25.1 Å². The maximum atomic E-state index is 12.9. The van der Waals surface area contributed by atoms with Gasteiger partial charge in [-0.2, -0.15) is 23.3 Å². The second-order valence-electron chi connectivity index (χ2n) is 5.73. The summed E-state index contributed by atoms with van der Waals surface area (Å²) in [5, 5.41) is 5.31. The summed E-state index contributed by atoms with van der Waals surface area (Å²) in [6.07, 6.45) is -2.93. The molecule has 0 unspecified atom stereocenters. The summed E-state index contributed by atoms with van der Waals surface area (Å²) in [5.74, 6) is 1.11. The number of ether oxygens (including phenoxy) is 1. The largest absolute Gasteiger partial charge is 0.438 e. The third kappa shape index (κ3) is 2.81. The van der Waals surface area contributed by atoms with Crippen LogP contribution in [0.4, 0.5) is 13.2 Å². The van der Waals surface area contributed by atoms with Gasteiger partial charge in [0.25, 0.3) is 0 Å². The van der Waals surface area contributed by atoms with Crippen LogP contribution < -0.4 is 4.74 Å². The van der Waals surface area contributed by atoms with E-state index in [4.69, 9.17) is 4.74 Å². The van der Waals surface area contributed by atoms with Crippen LogP contribution in [0.5, 0.6) is 11.6 Å². The molecule has 0 aliphatic carbocycles. The fourth-order valence-corrected chi connectivity index (χ4v) is 2.61. The SMILES string of the molecule is Cc1nc(Oc2ccc3ccc(C(F)(F)F)nc3c2)c2cnn(C)c2n1. The van der Waals surface area contributed by atoms with Gasteiger partial charge in [-0.3, -0.25) is 4.68 Å². The van der Waals surface area contributed by atoms with E-state index in [1.54, 1.807) is 37.0 Å². The molecule has 3 heterocycles. The molecule has 26 heavy (non-hydrogen) atoms. The Morgan fingerprint density at radius 1 is 1.04 bits per heavy atom. The van der Waals surface area contributed by atoms with E-state index in [1.165, 1.54) is 12.1 Å². The molecule has 0 N–H and O–H groups in total. The van der Waals surface area contributed by atoms with Crippen molar-refractivity contribution in [1.29, 1.82) is 0 Å². The number of aryl methyl sites for hydroxylation is 2. The number of alkyl halides is 3. The van der Waals surface area contributed by atoms with Crippen molar-refractivity contribution in [2.75, 3.05) is 0 Å². The van der Waals surface area contributed by atoms with Crippen LogP contribution >= 0.6 is 0 Å². The molecule has 4 aromatic rings. The molecule has 132 valence electrons. The molecule has 9 heteroatoms. The second kappa shape index (κ2) is 5.65. The Morgan fingerprint density at radius 2 is 1.81 bits per heavy atom. The van der Waals surface area contributed by atoms with Crippen molar-refractivity contribution in [2.24, 2.45) is 7.05 Å². The summed E-state index contributed by atoms with van der Waals surface area (Å²) in [7, 11) is 1.75. The molecular formula is C17H12F3N5O. The molecule has 0 radical (unpaired) electrons. The average Bonchev–Trinajstić information content (AvgIpc) is 2.94. The number of nitrogens with zero attached hydrogens (tertiary/aromatic N) is 5. The van der Waals surface area contributed by atoms with Gasteiger partial charge in [0.15, 0.2) is 5.65 Å². The van der Waals surface area contributed by atoms with E-state index in [2.05, 4.69) is 20.1 Å². The first-order chi connectivity index (χ1) is 12.3. The van der Waals surface area contributed by atoms with E-state index in [0.29, 0.717) is 28.0 Å². The third-order valence-electron chi connectivity index (χ3n) is 3.84. The first-order valence-electron chi connectivity index (χ1n) is 7.63. The van der Waals surface area contributed by atoms with Crippen LogP contribution in [-0.4, -0.2) is 24.7 Å². The summed E-state index contributed by atoms with van der Waals surface area (Å²) in [5.41, 5.74) is -0.161. The molecule has 3 aromatic heterocycles. The van der Waals surface area contributed by atoms with Crippen LogP contribution in [0.3, 0.4) is 0 Å². The molecule has 0 saturated carbocycles. The van der Waals surface area contributed by atoms with Crippen molar-refractivity contribution in [3.8, 4) is 11.6 Å². The quantitative estimate of drug-likeness (QED) is 0.541. The van der Waals surface area contributed by atoms with Crippen molar-refractivity contribution in [3.05, 3.63) is 48.0 Å². The van der Waals surface area contributed by atoms with Gasteiger partial charge in [-0.15, -0.1) is 0 Å². The van der Waals surface area contributed by atoms with E-state index in [-0.39, 0.29) is 11.4 Å². The zero-order chi connectivity index (χ0) is 18.5. The normalized spacial score (nSPS) is 12.0. The number of hydrogen-bond donors (Lipinski definition) is 0. The maximum Gasteiger partial charge on any atom is 0.433 e. The number of rotatable bonds is 2. The Morgan fingerprint density at radius 3 is 2.58 bits per heavy atom. The minimum absolute atomic E-state index is 0.186. The van der Waals surface area contributed by atoms with Crippen LogP contribution in [0.2, 0.25) is 0 Å². The van der Waals surface area contributed by atoms with Crippen molar-refractivity contribution in [2.45, 2.75) is 13.1 Å². The summed E-state index contributed by atoms with van der Waals surface area (Å²) in [6, 6.07) is 7.08. The topological polar surface area (TPSA) is 65.7 Å². The Bertz CT molecular complexity index is 1140. The molecule has 0 aliphatic heterocycles. The highest BCUT2D eigenvalue weighted by Gasteiger charge is 2.32. The monoisotopic (exact) mass is 359 g/mol. The molecule has 1 aromatic carbocycles. The Labute approximate surface area is 145 Å². The standard InChI is InChI=1S/C17H12F3N5O/c1-9-22-15-12(8-21-25(15)2)16(23-9)26-11-5-3-10-4-6-14(17(18,19)20)24-13(10)7-11/h3-8H,1-2H3. The number of hydrogen-bond acceptors (Lipinski definition) is 5. The van der Waals surface area contributed by atoms with E-state index in [9.17, 15) is 13.2 Å². The summed E-state index contributed by atoms with van der Waals surface area (Å²) in [6.45, 7) is 1.72. The minimum Gasteiger partial charge on any atom is -0.438 e. The number of halogens is 3. The molecule has 0 fully saturated rings. The maximum absolute atomic E-state index is 12.9. The summed E-state index contributed by atoms with van der Waals surface area (Å²) < 4.78 is 46.0. The molecule has 4 rings (SSSR count). The van der Waals surface area contributed by atoms with Gasteiger partial charge in [-0.25, -0.2) is 9.97 Å². The van der Waals surface area contributed by atoms with Crippen LogP contribution in [-0.2, 0) is 13.2 Å². The molecule has 0 aliphatic rings. The molecular weight excluding hydrogens is 347 g/mol.